The first-order chi connectivity index (χ1) is 14.3. The molecule has 0 heterocycles. The highest BCUT2D eigenvalue weighted by Gasteiger charge is 2.37. The van der Waals surface area contributed by atoms with Crippen LogP contribution in [0.25, 0.3) is 10.8 Å². The Morgan fingerprint density at radius 1 is 0.742 bits per heavy atom. The van der Waals surface area contributed by atoms with E-state index in [1.807, 2.05) is 5.32 Å². The molecule has 3 rings (SSSR count). The molecule has 2 amide bonds. The fourth-order valence-electron chi connectivity index (χ4n) is 2.83. The van der Waals surface area contributed by atoms with Gasteiger partial charge in [0.2, 0.25) is 0 Å². The maximum absolute atomic E-state index is 12.9. The Labute approximate surface area is 170 Å². The van der Waals surface area contributed by atoms with Gasteiger partial charge in [-0.25, -0.2) is 9.59 Å². The Morgan fingerprint density at radius 2 is 1.26 bits per heavy atom. The molecule has 31 heavy (non-hydrogen) atoms. The summed E-state index contributed by atoms with van der Waals surface area (Å²) >= 11 is 0. The van der Waals surface area contributed by atoms with E-state index in [-0.39, 0.29) is 17.3 Å². The van der Waals surface area contributed by atoms with Crippen LogP contribution in [-0.4, -0.2) is 17.1 Å². The number of alkyl halides is 6. The maximum Gasteiger partial charge on any atom is 0.416 e. The van der Waals surface area contributed by atoms with Gasteiger partial charge >= 0.3 is 24.4 Å². The highest BCUT2D eigenvalue weighted by Crippen LogP contribution is 2.37. The summed E-state index contributed by atoms with van der Waals surface area (Å²) in [5.74, 6) is -1.39. The molecule has 0 saturated heterocycles. The molecule has 11 heteroatoms. The molecule has 0 bridgehead atoms. The minimum absolute atomic E-state index is 0.0745. The second-order valence-electron chi connectivity index (χ2n) is 6.42. The van der Waals surface area contributed by atoms with Gasteiger partial charge < -0.3 is 15.7 Å². The number of aromatic carboxylic acids is 1. The minimum atomic E-state index is -5.08. The second-order valence-corrected chi connectivity index (χ2v) is 6.42. The summed E-state index contributed by atoms with van der Waals surface area (Å²) in [7, 11) is 0. The van der Waals surface area contributed by atoms with Crippen LogP contribution in [0.5, 0.6) is 0 Å². The van der Waals surface area contributed by atoms with Gasteiger partial charge in [0, 0.05) is 5.69 Å². The number of hydrogen-bond acceptors (Lipinski definition) is 2. The normalized spacial score (nSPS) is 11.9. The van der Waals surface area contributed by atoms with Gasteiger partial charge in [0.25, 0.3) is 0 Å². The van der Waals surface area contributed by atoms with Crippen molar-refractivity contribution < 1.29 is 41.0 Å². The Balaban J connectivity index is 1.94. The van der Waals surface area contributed by atoms with Crippen molar-refractivity contribution in [1.29, 1.82) is 0 Å². The lowest BCUT2D eigenvalue weighted by molar-refractivity contribution is -0.143. The summed E-state index contributed by atoms with van der Waals surface area (Å²) in [6.07, 6.45) is -10.2. The molecular formula is C20H12F6N2O3. The number of carboxylic acid groups (broad SMARTS) is 1. The van der Waals surface area contributed by atoms with Crippen molar-refractivity contribution in [2.45, 2.75) is 12.4 Å². The molecule has 0 aliphatic heterocycles. The lowest BCUT2D eigenvalue weighted by Gasteiger charge is -2.15. The van der Waals surface area contributed by atoms with Crippen molar-refractivity contribution in [2.75, 3.05) is 10.6 Å². The van der Waals surface area contributed by atoms with Crippen LogP contribution in [0.2, 0.25) is 0 Å². The van der Waals surface area contributed by atoms with E-state index in [9.17, 15) is 41.0 Å². The van der Waals surface area contributed by atoms with Gasteiger partial charge in [-0.3, -0.25) is 0 Å². The fourth-order valence-corrected chi connectivity index (χ4v) is 2.83. The zero-order valence-corrected chi connectivity index (χ0v) is 15.2. The van der Waals surface area contributed by atoms with Gasteiger partial charge in [0.15, 0.2) is 0 Å². The first kappa shape index (κ1) is 21.9. The fraction of sp³-hybridized carbons (Fsp3) is 0.100. The van der Waals surface area contributed by atoms with Crippen molar-refractivity contribution in [3.63, 3.8) is 0 Å². The number of fused-ring (bicyclic) bond motifs is 1. The molecule has 5 nitrogen and oxygen atoms in total. The standard InChI is InChI=1S/C20H12F6N2O3/c21-19(22,23)12-7-13(20(24,25)26)9-14(8-12)27-18(31)28-16-6-11-4-2-1-3-10(11)5-15(16)17(29)30/h1-9H,(H,29,30)(H2,27,28,31). The number of hydrogen-bond donors (Lipinski definition) is 3. The number of anilines is 2. The summed E-state index contributed by atoms with van der Waals surface area (Å²) in [6.45, 7) is 0. The van der Waals surface area contributed by atoms with Crippen LogP contribution in [0, 0.1) is 0 Å². The Bertz CT molecular complexity index is 1140. The van der Waals surface area contributed by atoms with E-state index < -0.39 is 41.2 Å². The molecule has 0 atom stereocenters. The van der Waals surface area contributed by atoms with Crippen molar-refractivity contribution in [3.05, 3.63) is 71.3 Å². The number of halogens is 6. The Hall–Kier alpha value is -3.76. The topological polar surface area (TPSA) is 78.4 Å². The van der Waals surface area contributed by atoms with E-state index in [1.165, 1.54) is 12.1 Å². The van der Waals surface area contributed by atoms with Crippen molar-refractivity contribution in [2.24, 2.45) is 0 Å². The lowest BCUT2D eigenvalue weighted by Crippen LogP contribution is -2.22. The van der Waals surface area contributed by atoms with Gasteiger partial charge in [0.05, 0.1) is 22.4 Å². The molecule has 0 aromatic heterocycles. The number of amides is 2. The van der Waals surface area contributed by atoms with E-state index in [0.29, 0.717) is 22.9 Å². The summed E-state index contributed by atoms with van der Waals surface area (Å²) in [5, 5.41) is 14.5. The number of benzene rings is 3. The highest BCUT2D eigenvalue weighted by molar-refractivity contribution is 6.07. The highest BCUT2D eigenvalue weighted by atomic mass is 19.4. The number of nitrogens with one attached hydrogen (secondary N) is 2. The van der Waals surface area contributed by atoms with Crippen LogP contribution in [0.4, 0.5) is 42.5 Å². The van der Waals surface area contributed by atoms with Gasteiger partial charge in [-0.1, -0.05) is 24.3 Å². The predicted molar refractivity (Wildman–Crippen MR) is 100.0 cm³/mol. The molecule has 0 fully saturated rings. The van der Waals surface area contributed by atoms with E-state index in [0.717, 1.165) is 0 Å². The van der Waals surface area contributed by atoms with Crippen molar-refractivity contribution >= 4 is 34.1 Å². The predicted octanol–water partition coefficient (Wildman–Crippen LogP) is 6.22. The van der Waals surface area contributed by atoms with Gasteiger partial charge in [0.1, 0.15) is 0 Å². The van der Waals surface area contributed by atoms with Gasteiger partial charge in [-0.2, -0.15) is 26.3 Å². The minimum Gasteiger partial charge on any atom is -0.478 e. The first-order valence-electron chi connectivity index (χ1n) is 8.48. The second kappa shape index (κ2) is 7.82. The third-order valence-electron chi connectivity index (χ3n) is 4.21. The molecule has 0 radical (unpaired) electrons. The summed E-state index contributed by atoms with van der Waals surface area (Å²) in [4.78, 5) is 23.7. The third-order valence-corrected chi connectivity index (χ3v) is 4.21. The summed E-state index contributed by atoms with van der Waals surface area (Å²) < 4.78 is 77.7. The number of urea groups is 1. The van der Waals surface area contributed by atoms with Gasteiger partial charge in [-0.05, 0) is 41.1 Å². The average molecular weight is 442 g/mol. The largest absolute Gasteiger partial charge is 0.478 e. The molecule has 3 aromatic carbocycles. The van der Waals surface area contributed by atoms with Crippen LogP contribution >= 0.6 is 0 Å². The molecule has 162 valence electrons. The number of carboxylic acids is 1. The molecular weight excluding hydrogens is 430 g/mol. The van der Waals surface area contributed by atoms with Crippen LogP contribution in [0.3, 0.4) is 0 Å². The number of carbonyl (C=O) groups is 2. The molecule has 0 unspecified atom stereocenters. The molecule has 0 aliphatic carbocycles. The van der Waals surface area contributed by atoms with Crippen LogP contribution in [-0.2, 0) is 12.4 Å². The van der Waals surface area contributed by atoms with Crippen molar-refractivity contribution in [1.82, 2.24) is 0 Å². The monoisotopic (exact) mass is 442 g/mol. The van der Waals surface area contributed by atoms with Crippen LogP contribution < -0.4 is 10.6 Å². The van der Waals surface area contributed by atoms with E-state index in [4.69, 9.17) is 0 Å². The first-order valence-corrected chi connectivity index (χ1v) is 8.48. The van der Waals surface area contributed by atoms with Gasteiger partial charge in [-0.15, -0.1) is 0 Å². The summed E-state index contributed by atoms with van der Waals surface area (Å²) in [6, 6.07) is 8.58. The maximum atomic E-state index is 12.9. The molecule has 0 saturated carbocycles. The zero-order chi connectivity index (χ0) is 23.0. The smallest absolute Gasteiger partial charge is 0.416 e. The lowest BCUT2D eigenvalue weighted by atomic mass is 10.0. The molecule has 0 aliphatic rings. The quantitative estimate of drug-likeness (QED) is 0.422. The average Bonchev–Trinajstić information content (AvgIpc) is 2.65. The third kappa shape index (κ3) is 5.05. The Kier molecular flexibility index (Phi) is 5.53. The van der Waals surface area contributed by atoms with Crippen LogP contribution in [0.1, 0.15) is 21.5 Å². The zero-order valence-electron chi connectivity index (χ0n) is 15.2. The Morgan fingerprint density at radius 3 is 1.74 bits per heavy atom. The van der Waals surface area contributed by atoms with Crippen LogP contribution in [0.15, 0.2) is 54.6 Å². The summed E-state index contributed by atoms with van der Waals surface area (Å²) in [5.41, 5.74) is -4.47. The number of rotatable bonds is 3. The molecule has 3 N–H and O–H groups in total. The van der Waals surface area contributed by atoms with Crippen molar-refractivity contribution in [3.8, 4) is 0 Å². The number of carbonyl (C=O) groups excluding carboxylic acids is 1. The van der Waals surface area contributed by atoms with E-state index in [2.05, 4.69) is 5.32 Å². The van der Waals surface area contributed by atoms with E-state index >= 15 is 0 Å². The molecule has 0 spiro atoms. The van der Waals surface area contributed by atoms with E-state index in [1.54, 1.807) is 24.3 Å². The molecule has 3 aromatic rings. The SMILES string of the molecule is O=C(Nc1cc(C(F)(F)F)cc(C(F)(F)F)c1)Nc1cc2ccccc2cc1C(=O)O.